The van der Waals surface area contributed by atoms with Gasteiger partial charge in [0.2, 0.25) is 0 Å². The predicted molar refractivity (Wildman–Crippen MR) is 69.8 cm³/mol. The summed E-state index contributed by atoms with van der Waals surface area (Å²) >= 11 is 7.31. The summed E-state index contributed by atoms with van der Waals surface area (Å²) in [6, 6.07) is 5.83. The Balaban J connectivity index is 2.42. The van der Waals surface area contributed by atoms with Crippen LogP contribution in [0.15, 0.2) is 18.2 Å². The number of hydrogen-bond acceptors (Lipinski definition) is 4. The summed E-state index contributed by atoms with van der Waals surface area (Å²) in [7, 11) is 1.64. The molecule has 1 N–H and O–H groups in total. The van der Waals surface area contributed by atoms with Gasteiger partial charge in [-0.05, 0) is 30.7 Å². The van der Waals surface area contributed by atoms with Crippen molar-refractivity contribution < 1.29 is 9.84 Å². The van der Waals surface area contributed by atoms with Gasteiger partial charge >= 0.3 is 0 Å². The quantitative estimate of drug-likeness (QED) is 0.930. The van der Waals surface area contributed by atoms with E-state index < -0.39 is 0 Å². The van der Waals surface area contributed by atoms with E-state index in [-0.39, 0.29) is 6.61 Å². The number of benzene rings is 1. The minimum absolute atomic E-state index is 0.0777. The van der Waals surface area contributed by atoms with E-state index in [9.17, 15) is 0 Å². The molecular formula is C12H12ClNO2S. The Hall–Kier alpha value is -1.10. The van der Waals surface area contributed by atoms with Crippen LogP contribution in [0.5, 0.6) is 5.75 Å². The highest BCUT2D eigenvalue weighted by Gasteiger charge is 2.11. The molecule has 0 aliphatic heterocycles. The predicted octanol–water partition coefficient (Wildman–Crippen LogP) is 3.27. The summed E-state index contributed by atoms with van der Waals surface area (Å²) in [6.45, 7) is 1.90. The third-order valence-electron chi connectivity index (χ3n) is 2.44. The number of aromatic nitrogens is 1. The first kappa shape index (κ1) is 12.4. The fourth-order valence-electron chi connectivity index (χ4n) is 1.57. The molecule has 0 radical (unpaired) electrons. The van der Waals surface area contributed by atoms with Crippen LogP contribution >= 0.6 is 22.9 Å². The Kier molecular flexibility index (Phi) is 3.66. The summed E-state index contributed by atoms with van der Waals surface area (Å²) in [5.41, 5.74) is 2.02. The van der Waals surface area contributed by atoms with Crippen LogP contribution < -0.4 is 4.74 Å². The largest absolute Gasteiger partial charge is 0.496 e. The van der Waals surface area contributed by atoms with Gasteiger partial charge in [-0.25, -0.2) is 4.98 Å². The van der Waals surface area contributed by atoms with Gasteiger partial charge < -0.3 is 9.84 Å². The van der Waals surface area contributed by atoms with Crippen molar-refractivity contribution in [2.45, 2.75) is 13.5 Å². The maximum Gasteiger partial charge on any atom is 0.146 e. The lowest BCUT2D eigenvalue weighted by Crippen LogP contribution is -1.87. The zero-order valence-electron chi connectivity index (χ0n) is 9.53. The normalized spacial score (nSPS) is 10.6. The summed E-state index contributed by atoms with van der Waals surface area (Å²) in [6.07, 6.45) is 0. The van der Waals surface area contributed by atoms with E-state index in [2.05, 4.69) is 4.98 Å². The topological polar surface area (TPSA) is 42.4 Å². The molecule has 0 bridgehead atoms. The van der Waals surface area contributed by atoms with E-state index in [1.54, 1.807) is 7.11 Å². The van der Waals surface area contributed by atoms with Crippen molar-refractivity contribution in [2.24, 2.45) is 0 Å². The lowest BCUT2D eigenvalue weighted by Gasteiger charge is -2.05. The van der Waals surface area contributed by atoms with Crippen molar-refractivity contribution in [3.05, 3.63) is 33.8 Å². The van der Waals surface area contributed by atoms with Crippen LogP contribution in [0.1, 0.15) is 10.4 Å². The third-order valence-corrected chi connectivity index (χ3v) is 3.95. The van der Waals surface area contributed by atoms with Crippen molar-refractivity contribution in [1.29, 1.82) is 0 Å². The first-order valence-corrected chi connectivity index (χ1v) is 6.26. The maximum atomic E-state index is 9.08. The molecule has 5 heteroatoms. The number of aliphatic hydroxyl groups is 1. The van der Waals surface area contributed by atoms with E-state index in [0.717, 1.165) is 21.9 Å². The van der Waals surface area contributed by atoms with Gasteiger partial charge in [-0.15, -0.1) is 11.3 Å². The van der Waals surface area contributed by atoms with Gasteiger partial charge in [-0.3, -0.25) is 0 Å². The van der Waals surface area contributed by atoms with Gasteiger partial charge in [0, 0.05) is 5.56 Å². The molecular weight excluding hydrogens is 258 g/mol. The second-order valence-electron chi connectivity index (χ2n) is 3.58. The molecule has 2 rings (SSSR count). The van der Waals surface area contributed by atoms with Crippen LogP contribution in [-0.4, -0.2) is 17.2 Å². The molecule has 2 aromatic rings. The van der Waals surface area contributed by atoms with Crippen LogP contribution in [-0.2, 0) is 6.61 Å². The van der Waals surface area contributed by atoms with E-state index in [1.165, 1.54) is 11.3 Å². The molecule has 1 aromatic heterocycles. The van der Waals surface area contributed by atoms with Crippen molar-refractivity contribution in [3.63, 3.8) is 0 Å². The molecule has 90 valence electrons. The highest BCUT2D eigenvalue weighted by atomic mass is 35.5. The van der Waals surface area contributed by atoms with Gasteiger partial charge in [0.15, 0.2) is 0 Å². The summed E-state index contributed by atoms with van der Waals surface area (Å²) in [5.74, 6) is 0.846. The monoisotopic (exact) mass is 269 g/mol. The van der Waals surface area contributed by atoms with Gasteiger partial charge in [0.1, 0.15) is 15.9 Å². The van der Waals surface area contributed by atoms with Crippen LogP contribution in [0.3, 0.4) is 0 Å². The highest BCUT2D eigenvalue weighted by Crippen LogP contribution is 2.32. The number of ether oxygens (including phenoxy) is 1. The number of methoxy groups -OCH3 is 1. The number of hydrogen-bond donors (Lipinski definition) is 1. The Morgan fingerprint density at radius 2 is 2.24 bits per heavy atom. The molecule has 1 aromatic carbocycles. The van der Waals surface area contributed by atoms with Crippen LogP contribution in [0.25, 0.3) is 10.6 Å². The van der Waals surface area contributed by atoms with Gasteiger partial charge in [-0.1, -0.05) is 11.6 Å². The van der Waals surface area contributed by atoms with Crippen molar-refractivity contribution in [1.82, 2.24) is 4.98 Å². The molecule has 0 amide bonds. The highest BCUT2D eigenvalue weighted by molar-refractivity contribution is 7.15. The van der Waals surface area contributed by atoms with Crippen LogP contribution in [0.4, 0.5) is 0 Å². The molecule has 0 aliphatic carbocycles. The molecule has 0 saturated heterocycles. The molecule has 3 nitrogen and oxygen atoms in total. The van der Waals surface area contributed by atoms with Gasteiger partial charge in [0.05, 0.1) is 18.6 Å². The number of aliphatic hydroxyl groups excluding tert-OH is 1. The molecule has 0 spiro atoms. The zero-order valence-corrected chi connectivity index (χ0v) is 11.1. The fraction of sp³-hybridized carbons (Fsp3) is 0.250. The van der Waals surface area contributed by atoms with Gasteiger partial charge in [-0.2, -0.15) is 0 Å². The zero-order chi connectivity index (χ0) is 12.4. The number of rotatable bonds is 3. The van der Waals surface area contributed by atoms with E-state index in [4.69, 9.17) is 21.4 Å². The first-order valence-electron chi connectivity index (χ1n) is 5.06. The summed E-state index contributed by atoms with van der Waals surface area (Å²) < 4.78 is 5.20. The van der Waals surface area contributed by atoms with Crippen LogP contribution in [0, 0.1) is 6.92 Å². The van der Waals surface area contributed by atoms with E-state index in [0.29, 0.717) is 10.0 Å². The molecule has 0 saturated carbocycles. The molecule has 0 aliphatic rings. The minimum Gasteiger partial charge on any atom is -0.496 e. The van der Waals surface area contributed by atoms with Crippen molar-refractivity contribution in [3.8, 4) is 16.3 Å². The third kappa shape index (κ3) is 2.44. The number of nitrogens with zero attached hydrogens (tertiary/aromatic N) is 1. The molecule has 0 fully saturated rings. The fourth-order valence-corrected chi connectivity index (χ4v) is 2.69. The Bertz CT molecular complexity index is 539. The Morgan fingerprint density at radius 3 is 2.76 bits per heavy atom. The Labute approximate surface area is 109 Å². The number of halogens is 1. The average Bonchev–Trinajstić information content (AvgIpc) is 2.70. The van der Waals surface area contributed by atoms with E-state index in [1.807, 2.05) is 25.1 Å². The van der Waals surface area contributed by atoms with Crippen molar-refractivity contribution in [2.75, 3.05) is 7.11 Å². The Morgan fingerprint density at radius 1 is 1.47 bits per heavy atom. The van der Waals surface area contributed by atoms with E-state index >= 15 is 0 Å². The van der Waals surface area contributed by atoms with Crippen LogP contribution in [0.2, 0.25) is 5.15 Å². The SMILES string of the molecule is COc1ccc(-c2nc(Cl)c(CO)s2)cc1C. The molecule has 1 heterocycles. The minimum atomic E-state index is -0.0777. The maximum absolute atomic E-state index is 9.08. The lowest BCUT2D eigenvalue weighted by atomic mass is 10.1. The second-order valence-corrected chi connectivity index (χ2v) is 5.02. The molecule has 17 heavy (non-hydrogen) atoms. The summed E-state index contributed by atoms with van der Waals surface area (Å²) in [4.78, 5) is 4.92. The lowest BCUT2D eigenvalue weighted by molar-refractivity contribution is 0.285. The first-order chi connectivity index (χ1) is 8.15. The number of thiazole rings is 1. The molecule has 0 unspecified atom stereocenters. The average molecular weight is 270 g/mol. The molecule has 0 atom stereocenters. The van der Waals surface area contributed by atoms with Gasteiger partial charge in [0.25, 0.3) is 0 Å². The van der Waals surface area contributed by atoms with Crippen molar-refractivity contribution >= 4 is 22.9 Å². The standard InChI is InChI=1S/C12H12ClNO2S/c1-7-5-8(3-4-9(7)16-2)12-14-11(13)10(6-15)17-12/h3-5,15H,6H2,1-2H3. The smallest absolute Gasteiger partial charge is 0.146 e. The summed E-state index contributed by atoms with van der Waals surface area (Å²) in [5, 5.41) is 10.3. The number of aryl methyl sites for hydroxylation is 1. The second kappa shape index (κ2) is 5.04.